The van der Waals surface area contributed by atoms with E-state index in [4.69, 9.17) is 0 Å². The predicted octanol–water partition coefficient (Wildman–Crippen LogP) is -7.37. The Morgan fingerprint density at radius 3 is 1.11 bits per heavy atom. The zero-order valence-corrected chi connectivity index (χ0v) is 13.9. The molecular formula is C4H9Cl3Zn2. The second kappa shape index (κ2) is 49.6. The minimum atomic E-state index is 0. The third-order valence-corrected chi connectivity index (χ3v) is 0.354. The number of rotatable bonds is 1. The van der Waals surface area contributed by atoms with Crippen molar-refractivity contribution in [2.24, 2.45) is 0 Å². The maximum Gasteiger partial charge on any atom is 2.00 e. The van der Waals surface area contributed by atoms with E-state index in [2.05, 4.69) is 13.8 Å². The van der Waals surface area contributed by atoms with Crippen LogP contribution in [0.1, 0.15) is 19.8 Å². The van der Waals surface area contributed by atoms with Crippen LogP contribution in [-0.2, 0) is 39.0 Å². The largest absolute Gasteiger partial charge is 2.00 e. The summed E-state index contributed by atoms with van der Waals surface area (Å²) in [5.74, 6) is 0. The fraction of sp³-hybridized carbons (Fsp3) is 0.750. The van der Waals surface area contributed by atoms with Gasteiger partial charge in [0.25, 0.3) is 0 Å². The van der Waals surface area contributed by atoms with E-state index in [1.54, 1.807) is 0 Å². The van der Waals surface area contributed by atoms with Crippen molar-refractivity contribution in [3.05, 3.63) is 6.92 Å². The molecule has 0 nitrogen and oxygen atoms in total. The van der Waals surface area contributed by atoms with Gasteiger partial charge in [0, 0.05) is 0 Å². The molecule has 0 aromatic heterocycles. The molecule has 0 saturated heterocycles. The molecule has 0 aromatic carbocycles. The Bertz CT molecular complexity index is 15.8. The van der Waals surface area contributed by atoms with Gasteiger partial charge in [0.2, 0.25) is 0 Å². The van der Waals surface area contributed by atoms with E-state index in [1.165, 1.54) is 6.42 Å². The number of hydrogen-bond acceptors (Lipinski definition) is 0. The third-order valence-electron chi connectivity index (χ3n) is 0.354. The number of halogens is 3. The van der Waals surface area contributed by atoms with Crippen LogP contribution in [0.15, 0.2) is 0 Å². The smallest absolute Gasteiger partial charge is 1.00 e. The second-order valence-corrected chi connectivity index (χ2v) is 0.854. The summed E-state index contributed by atoms with van der Waals surface area (Å²) in [5, 5.41) is 0. The molecule has 0 radical (unpaired) electrons. The monoisotopic (exact) mass is 290 g/mol. The molecule has 0 N–H and O–H groups in total. The molecule has 0 amide bonds. The molecular weight excluding hydrogens is 285 g/mol. The molecule has 0 spiro atoms. The standard InChI is InChI=1S/C4H9.3ClH.2Zn/c1-3-4-2;;;;;/h1,3-4H2,2H3;3*1H;;/q-1;;;;2*+2/p-3. The van der Waals surface area contributed by atoms with E-state index in [-0.39, 0.29) is 76.2 Å². The van der Waals surface area contributed by atoms with E-state index in [0.29, 0.717) is 0 Å². The molecule has 0 aromatic rings. The Balaban J connectivity index is -0.00000000450. The van der Waals surface area contributed by atoms with Crippen LogP contribution in [0.4, 0.5) is 0 Å². The van der Waals surface area contributed by atoms with E-state index < -0.39 is 0 Å². The first-order valence-electron chi connectivity index (χ1n) is 1.71. The molecule has 0 saturated carbocycles. The molecule has 50 valence electrons. The summed E-state index contributed by atoms with van der Waals surface area (Å²) < 4.78 is 0. The van der Waals surface area contributed by atoms with E-state index in [9.17, 15) is 0 Å². The van der Waals surface area contributed by atoms with Crippen LogP contribution in [-0.4, -0.2) is 0 Å². The van der Waals surface area contributed by atoms with Crippen LogP contribution in [0.3, 0.4) is 0 Å². The van der Waals surface area contributed by atoms with Gasteiger partial charge in [-0.3, -0.25) is 0 Å². The summed E-state index contributed by atoms with van der Waals surface area (Å²) >= 11 is 0. The first-order chi connectivity index (χ1) is 1.91. The van der Waals surface area contributed by atoms with Crippen molar-refractivity contribution in [1.82, 2.24) is 0 Å². The van der Waals surface area contributed by atoms with Crippen molar-refractivity contribution in [3.8, 4) is 0 Å². The Labute approximate surface area is 102 Å². The van der Waals surface area contributed by atoms with E-state index >= 15 is 0 Å². The van der Waals surface area contributed by atoms with Crippen LogP contribution in [0, 0.1) is 6.92 Å². The maximum atomic E-state index is 3.60. The number of unbranched alkanes of at least 4 members (excludes halogenated alkanes) is 1. The van der Waals surface area contributed by atoms with Gasteiger partial charge in [-0.25, -0.2) is 0 Å². The average molecular weight is 294 g/mol. The van der Waals surface area contributed by atoms with Crippen LogP contribution in [0.5, 0.6) is 0 Å². The van der Waals surface area contributed by atoms with Crippen molar-refractivity contribution >= 4 is 0 Å². The van der Waals surface area contributed by atoms with Gasteiger partial charge < -0.3 is 44.1 Å². The molecule has 0 fully saturated rings. The molecule has 9 heavy (non-hydrogen) atoms. The summed E-state index contributed by atoms with van der Waals surface area (Å²) in [6.07, 6.45) is 2.28. The minimum absolute atomic E-state index is 0. The van der Waals surface area contributed by atoms with Crippen LogP contribution >= 0.6 is 0 Å². The molecule has 0 bridgehead atoms. The van der Waals surface area contributed by atoms with Gasteiger partial charge in [0.05, 0.1) is 0 Å². The average Bonchev–Trinajstić information content (AvgIpc) is 1.37. The van der Waals surface area contributed by atoms with Crippen molar-refractivity contribution in [1.29, 1.82) is 0 Å². The Kier molecular flexibility index (Phi) is 240. The van der Waals surface area contributed by atoms with Gasteiger partial charge in [-0.15, -0.1) is 0 Å². The fourth-order valence-electron chi connectivity index (χ4n) is 0. The van der Waals surface area contributed by atoms with E-state index in [0.717, 1.165) is 6.42 Å². The quantitative estimate of drug-likeness (QED) is 0.333. The summed E-state index contributed by atoms with van der Waals surface area (Å²) in [6.45, 7) is 5.72. The van der Waals surface area contributed by atoms with Gasteiger partial charge in [-0.2, -0.15) is 6.42 Å². The molecule has 0 aliphatic rings. The molecule has 0 heterocycles. The predicted molar refractivity (Wildman–Crippen MR) is 20.3 cm³/mol. The molecule has 0 aliphatic carbocycles. The van der Waals surface area contributed by atoms with Gasteiger partial charge >= 0.3 is 39.0 Å². The zero-order valence-electron chi connectivity index (χ0n) is 5.67. The normalized spacial score (nSPS) is 3.33. The summed E-state index contributed by atoms with van der Waals surface area (Å²) in [4.78, 5) is 0. The van der Waals surface area contributed by atoms with Crippen LogP contribution in [0.2, 0.25) is 0 Å². The molecule has 0 unspecified atom stereocenters. The molecule has 5 heteroatoms. The van der Waals surface area contributed by atoms with Crippen molar-refractivity contribution < 1.29 is 76.2 Å². The van der Waals surface area contributed by atoms with Crippen LogP contribution < -0.4 is 37.2 Å². The van der Waals surface area contributed by atoms with Gasteiger partial charge in [-0.1, -0.05) is 13.3 Å². The SMILES string of the molecule is [CH2-]CCC.[Cl-].[Cl-].[Cl-].[Zn+2].[Zn+2]. The van der Waals surface area contributed by atoms with Crippen molar-refractivity contribution in [2.75, 3.05) is 0 Å². The fourth-order valence-corrected chi connectivity index (χ4v) is 0. The van der Waals surface area contributed by atoms with E-state index in [1.807, 2.05) is 0 Å². The molecule has 0 aliphatic heterocycles. The number of hydrogen-bond donors (Lipinski definition) is 0. The second-order valence-electron chi connectivity index (χ2n) is 0.854. The van der Waals surface area contributed by atoms with Crippen molar-refractivity contribution in [2.45, 2.75) is 19.8 Å². The van der Waals surface area contributed by atoms with Gasteiger partial charge in [0.1, 0.15) is 0 Å². The first kappa shape index (κ1) is 43.5. The van der Waals surface area contributed by atoms with Crippen molar-refractivity contribution in [3.63, 3.8) is 0 Å². The van der Waals surface area contributed by atoms with Gasteiger partial charge in [-0.05, 0) is 0 Å². The third kappa shape index (κ3) is 68.6. The summed E-state index contributed by atoms with van der Waals surface area (Å²) in [7, 11) is 0. The first-order valence-corrected chi connectivity index (χ1v) is 1.71. The summed E-state index contributed by atoms with van der Waals surface area (Å²) in [5.41, 5.74) is 0. The minimum Gasteiger partial charge on any atom is -1.00 e. The molecule has 0 rings (SSSR count). The maximum absolute atomic E-state index is 3.60. The topological polar surface area (TPSA) is 0 Å². The van der Waals surface area contributed by atoms with Crippen LogP contribution in [0.25, 0.3) is 0 Å². The Morgan fingerprint density at radius 2 is 1.11 bits per heavy atom. The Morgan fingerprint density at radius 1 is 1.00 bits per heavy atom. The molecule has 0 atom stereocenters. The zero-order chi connectivity index (χ0) is 3.41. The summed E-state index contributed by atoms with van der Waals surface area (Å²) in [6, 6.07) is 0. The van der Waals surface area contributed by atoms with Gasteiger partial charge in [0.15, 0.2) is 0 Å². The Hall–Kier alpha value is 2.12.